The van der Waals surface area contributed by atoms with E-state index in [9.17, 15) is 4.79 Å². The molecule has 0 bridgehead atoms. The molecule has 1 aliphatic heterocycles. The lowest BCUT2D eigenvalue weighted by Crippen LogP contribution is -2.43. The molecule has 1 aromatic rings. The Morgan fingerprint density at radius 1 is 1.50 bits per heavy atom. The molecule has 20 heavy (non-hydrogen) atoms. The van der Waals surface area contributed by atoms with Crippen molar-refractivity contribution in [2.24, 2.45) is 5.92 Å². The van der Waals surface area contributed by atoms with Crippen LogP contribution in [0.2, 0.25) is 0 Å². The van der Waals surface area contributed by atoms with Crippen LogP contribution in [0.5, 0.6) is 0 Å². The molecule has 1 aliphatic rings. The van der Waals surface area contributed by atoms with Gasteiger partial charge in [-0.1, -0.05) is 13.0 Å². The Kier molecular flexibility index (Phi) is 6.33. The summed E-state index contributed by atoms with van der Waals surface area (Å²) in [6.45, 7) is 7.14. The molecule has 1 saturated heterocycles. The van der Waals surface area contributed by atoms with Gasteiger partial charge in [0.1, 0.15) is 0 Å². The Labute approximate surface area is 125 Å². The van der Waals surface area contributed by atoms with Crippen molar-refractivity contribution in [2.75, 3.05) is 32.7 Å². The van der Waals surface area contributed by atoms with Crippen LogP contribution < -0.4 is 10.6 Å². The van der Waals surface area contributed by atoms with E-state index in [0.717, 1.165) is 26.1 Å². The molecule has 1 atom stereocenters. The van der Waals surface area contributed by atoms with Gasteiger partial charge in [-0.05, 0) is 49.7 Å². The van der Waals surface area contributed by atoms with Gasteiger partial charge in [0.15, 0.2) is 0 Å². The first-order valence-corrected chi connectivity index (χ1v) is 8.42. The third-order valence-corrected chi connectivity index (χ3v) is 4.77. The normalized spacial score (nSPS) is 19.8. The first kappa shape index (κ1) is 15.3. The predicted molar refractivity (Wildman–Crippen MR) is 84.3 cm³/mol. The maximum atomic E-state index is 11.7. The highest BCUT2D eigenvalue weighted by molar-refractivity contribution is 7.09. The molecule has 0 saturated carbocycles. The van der Waals surface area contributed by atoms with E-state index in [1.165, 1.54) is 24.3 Å². The van der Waals surface area contributed by atoms with Crippen LogP contribution in [0, 0.1) is 5.92 Å². The SMILES string of the molecule is CCN1CCC[C@@H](CNC(=O)NCCc2cccs2)C1. The van der Waals surface area contributed by atoms with Gasteiger partial charge in [-0.15, -0.1) is 11.3 Å². The number of piperidine rings is 1. The van der Waals surface area contributed by atoms with Crippen LogP contribution in [0.1, 0.15) is 24.6 Å². The topological polar surface area (TPSA) is 44.4 Å². The Morgan fingerprint density at radius 2 is 2.40 bits per heavy atom. The van der Waals surface area contributed by atoms with Gasteiger partial charge in [0.2, 0.25) is 0 Å². The summed E-state index contributed by atoms with van der Waals surface area (Å²) in [4.78, 5) is 15.5. The lowest BCUT2D eigenvalue weighted by Gasteiger charge is -2.31. The molecule has 2 rings (SSSR count). The van der Waals surface area contributed by atoms with Crippen LogP contribution in [0.25, 0.3) is 0 Å². The number of nitrogens with zero attached hydrogens (tertiary/aromatic N) is 1. The van der Waals surface area contributed by atoms with E-state index in [2.05, 4.69) is 33.9 Å². The largest absolute Gasteiger partial charge is 0.338 e. The zero-order valence-electron chi connectivity index (χ0n) is 12.2. The molecule has 1 aromatic heterocycles. The monoisotopic (exact) mass is 295 g/mol. The number of carbonyl (C=O) groups excluding carboxylic acids is 1. The predicted octanol–water partition coefficient (Wildman–Crippen LogP) is 2.32. The molecule has 2 amide bonds. The van der Waals surface area contributed by atoms with Crippen molar-refractivity contribution in [1.29, 1.82) is 0 Å². The molecule has 0 aromatic carbocycles. The van der Waals surface area contributed by atoms with Crippen molar-refractivity contribution in [3.63, 3.8) is 0 Å². The number of amides is 2. The van der Waals surface area contributed by atoms with E-state index in [1.807, 2.05) is 6.07 Å². The molecule has 112 valence electrons. The fourth-order valence-electron chi connectivity index (χ4n) is 2.66. The van der Waals surface area contributed by atoms with Crippen LogP contribution >= 0.6 is 11.3 Å². The second-order valence-electron chi connectivity index (χ2n) is 5.37. The molecule has 1 fully saturated rings. The molecule has 0 unspecified atom stereocenters. The Morgan fingerprint density at radius 3 is 3.15 bits per heavy atom. The second-order valence-corrected chi connectivity index (χ2v) is 6.40. The molecule has 0 radical (unpaired) electrons. The summed E-state index contributed by atoms with van der Waals surface area (Å²) in [6.07, 6.45) is 3.39. The lowest BCUT2D eigenvalue weighted by molar-refractivity contribution is 0.179. The minimum Gasteiger partial charge on any atom is -0.338 e. The number of likely N-dealkylation sites (tertiary alicyclic amines) is 1. The summed E-state index contributed by atoms with van der Waals surface area (Å²) < 4.78 is 0. The molecule has 0 spiro atoms. The van der Waals surface area contributed by atoms with Crippen molar-refractivity contribution in [2.45, 2.75) is 26.2 Å². The van der Waals surface area contributed by atoms with Crippen LogP contribution in [0.4, 0.5) is 4.79 Å². The van der Waals surface area contributed by atoms with E-state index in [4.69, 9.17) is 0 Å². The van der Waals surface area contributed by atoms with Crippen molar-refractivity contribution >= 4 is 17.4 Å². The first-order valence-electron chi connectivity index (χ1n) is 7.54. The summed E-state index contributed by atoms with van der Waals surface area (Å²) in [5, 5.41) is 8.00. The number of urea groups is 1. The Hall–Kier alpha value is -1.07. The van der Waals surface area contributed by atoms with E-state index < -0.39 is 0 Å². The van der Waals surface area contributed by atoms with E-state index in [-0.39, 0.29) is 6.03 Å². The first-order chi connectivity index (χ1) is 9.78. The quantitative estimate of drug-likeness (QED) is 0.846. The minimum atomic E-state index is -0.0322. The van der Waals surface area contributed by atoms with Crippen molar-refractivity contribution < 1.29 is 4.79 Å². The highest BCUT2D eigenvalue weighted by Gasteiger charge is 2.18. The fraction of sp³-hybridized carbons (Fsp3) is 0.667. The number of thiophene rings is 1. The summed E-state index contributed by atoms with van der Waals surface area (Å²) in [5.74, 6) is 0.603. The Bertz CT molecular complexity index is 394. The summed E-state index contributed by atoms with van der Waals surface area (Å²) >= 11 is 1.74. The standard InChI is InChI=1S/C15H25N3OS/c1-2-18-9-3-5-13(12-18)11-17-15(19)16-8-7-14-6-4-10-20-14/h4,6,10,13H,2-3,5,7-9,11-12H2,1H3,(H2,16,17,19)/t13-/m0/s1. The number of nitrogens with one attached hydrogen (secondary N) is 2. The highest BCUT2D eigenvalue weighted by Crippen LogP contribution is 2.15. The van der Waals surface area contributed by atoms with Crippen LogP contribution in [-0.4, -0.2) is 43.7 Å². The maximum absolute atomic E-state index is 11.7. The van der Waals surface area contributed by atoms with Gasteiger partial charge < -0.3 is 15.5 Å². The van der Waals surface area contributed by atoms with Gasteiger partial charge in [0.05, 0.1) is 0 Å². The Balaban J connectivity index is 1.57. The van der Waals surface area contributed by atoms with Gasteiger partial charge in [-0.2, -0.15) is 0 Å². The smallest absolute Gasteiger partial charge is 0.314 e. The zero-order valence-corrected chi connectivity index (χ0v) is 13.0. The lowest BCUT2D eigenvalue weighted by atomic mass is 9.98. The van der Waals surface area contributed by atoms with Gasteiger partial charge in [0.25, 0.3) is 0 Å². The van der Waals surface area contributed by atoms with Crippen LogP contribution in [0.3, 0.4) is 0 Å². The number of carbonyl (C=O) groups is 1. The molecular weight excluding hydrogens is 270 g/mol. The van der Waals surface area contributed by atoms with Gasteiger partial charge in [0, 0.05) is 24.5 Å². The summed E-state index contributed by atoms with van der Waals surface area (Å²) in [6, 6.07) is 4.11. The molecule has 2 N–H and O–H groups in total. The highest BCUT2D eigenvalue weighted by atomic mass is 32.1. The van der Waals surface area contributed by atoms with E-state index in [0.29, 0.717) is 12.5 Å². The number of hydrogen-bond acceptors (Lipinski definition) is 3. The summed E-state index contributed by atoms with van der Waals surface area (Å²) in [5.41, 5.74) is 0. The molecule has 4 nitrogen and oxygen atoms in total. The molecule has 0 aliphatic carbocycles. The van der Waals surface area contributed by atoms with Crippen LogP contribution in [-0.2, 0) is 6.42 Å². The number of hydrogen-bond donors (Lipinski definition) is 2. The maximum Gasteiger partial charge on any atom is 0.314 e. The second kappa shape index (κ2) is 8.27. The zero-order chi connectivity index (χ0) is 14.2. The van der Waals surface area contributed by atoms with Gasteiger partial charge in [-0.3, -0.25) is 0 Å². The third kappa shape index (κ3) is 5.13. The summed E-state index contributed by atoms with van der Waals surface area (Å²) in [7, 11) is 0. The van der Waals surface area contributed by atoms with Crippen molar-refractivity contribution in [3.8, 4) is 0 Å². The average Bonchev–Trinajstić information content (AvgIpc) is 2.98. The van der Waals surface area contributed by atoms with Gasteiger partial charge in [-0.25, -0.2) is 4.79 Å². The van der Waals surface area contributed by atoms with E-state index >= 15 is 0 Å². The minimum absolute atomic E-state index is 0.0322. The average molecular weight is 295 g/mol. The van der Waals surface area contributed by atoms with E-state index in [1.54, 1.807) is 11.3 Å². The molecular formula is C15H25N3OS. The molecule has 5 heteroatoms. The fourth-order valence-corrected chi connectivity index (χ4v) is 3.37. The van der Waals surface area contributed by atoms with Gasteiger partial charge >= 0.3 is 6.03 Å². The number of rotatable bonds is 6. The molecule has 2 heterocycles. The van der Waals surface area contributed by atoms with Crippen molar-refractivity contribution in [1.82, 2.24) is 15.5 Å². The third-order valence-electron chi connectivity index (χ3n) is 3.84. The van der Waals surface area contributed by atoms with Crippen LogP contribution in [0.15, 0.2) is 17.5 Å². The van der Waals surface area contributed by atoms with Crippen molar-refractivity contribution in [3.05, 3.63) is 22.4 Å².